The number of aryl methyl sites for hydroxylation is 1. The number of pyridine rings is 1. The number of carbonyl (C=O) groups is 1. The van der Waals surface area contributed by atoms with E-state index in [1.54, 1.807) is 6.20 Å². The van der Waals surface area contributed by atoms with Crippen LogP contribution in [0.2, 0.25) is 0 Å². The van der Waals surface area contributed by atoms with Gasteiger partial charge in [-0.1, -0.05) is 18.2 Å². The molecule has 5 nitrogen and oxygen atoms in total. The van der Waals surface area contributed by atoms with Gasteiger partial charge in [0, 0.05) is 30.9 Å². The van der Waals surface area contributed by atoms with Gasteiger partial charge in [-0.2, -0.15) is 0 Å². The summed E-state index contributed by atoms with van der Waals surface area (Å²) in [7, 11) is 0. The van der Waals surface area contributed by atoms with Crippen LogP contribution in [0.15, 0.2) is 49.1 Å². The quantitative estimate of drug-likeness (QED) is 0.729. The van der Waals surface area contributed by atoms with Gasteiger partial charge < -0.3 is 4.90 Å². The summed E-state index contributed by atoms with van der Waals surface area (Å²) < 4.78 is 0. The zero-order valence-electron chi connectivity index (χ0n) is 14.9. The molecule has 4 rings (SSSR count). The van der Waals surface area contributed by atoms with Crippen molar-refractivity contribution in [2.45, 2.75) is 26.2 Å². The van der Waals surface area contributed by atoms with Gasteiger partial charge in [0.2, 0.25) is 0 Å². The fourth-order valence-corrected chi connectivity index (χ4v) is 3.67. The van der Waals surface area contributed by atoms with Crippen LogP contribution in [0.5, 0.6) is 0 Å². The number of piperidine rings is 1. The van der Waals surface area contributed by atoms with Crippen LogP contribution in [0.3, 0.4) is 0 Å². The van der Waals surface area contributed by atoms with Crippen LogP contribution in [0.1, 0.15) is 34.5 Å². The van der Waals surface area contributed by atoms with Crippen LogP contribution in [0.25, 0.3) is 10.9 Å². The van der Waals surface area contributed by atoms with E-state index in [0.717, 1.165) is 43.6 Å². The van der Waals surface area contributed by atoms with E-state index in [1.165, 1.54) is 17.3 Å². The highest BCUT2D eigenvalue weighted by Crippen LogP contribution is 2.24. The maximum absolute atomic E-state index is 12.7. The first kappa shape index (κ1) is 16.6. The summed E-state index contributed by atoms with van der Waals surface area (Å²) >= 11 is 0. The third-order valence-corrected chi connectivity index (χ3v) is 5.22. The zero-order chi connectivity index (χ0) is 17.9. The second-order valence-corrected chi connectivity index (χ2v) is 7.00. The first-order valence-corrected chi connectivity index (χ1v) is 9.10. The van der Waals surface area contributed by atoms with Crippen molar-refractivity contribution < 1.29 is 4.79 Å². The molecule has 3 aromatic rings. The Balaban J connectivity index is 1.38. The Labute approximate surface area is 153 Å². The maximum atomic E-state index is 12.7. The standard InChI is InChI=1S/C21H22N4O/c1-15-19(13-22-14-24-15)21(26)25-8-6-16(7-9-25)10-17-11-18-4-2-3-5-20(18)23-12-17/h2-5,11-14,16H,6-10H2,1H3. The van der Waals surface area contributed by atoms with Crippen molar-refractivity contribution in [2.24, 2.45) is 5.92 Å². The molecule has 1 aliphatic rings. The van der Waals surface area contributed by atoms with Gasteiger partial charge in [0.25, 0.3) is 5.91 Å². The largest absolute Gasteiger partial charge is 0.339 e. The zero-order valence-corrected chi connectivity index (χ0v) is 14.9. The number of nitrogens with zero attached hydrogens (tertiary/aromatic N) is 4. The lowest BCUT2D eigenvalue weighted by molar-refractivity contribution is 0.0689. The molecular formula is C21H22N4O. The first-order chi connectivity index (χ1) is 12.7. The number of aromatic nitrogens is 3. The molecule has 0 bridgehead atoms. The number of fused-ring (bicyclic) bond motifs is 1. The average molecular weight is 346 g/mol. The molecule has 0 saturated carbocycles. The smallest absolute Gasteiger partial charge is 0.257 e. The summed E-state index contributed by atoms with van der Waals surface area (Å²) in [5.41, 5.74) is 3.68. The predicted octanol–water partition coefficient (Wildman–Crippen LogP) is 3.43. The average Bonchev–Trinajstić information content (AvgIpc) is 2.68. The molecule has 0 aliphatic carbocycles. The molecule has 2 aromatic heterocycles. The molecule has 0 spiro atoms. The summed E-state index contributed by atoms with van der Waals surface area (Å²) in [6.07, 6.45) is 8.15. The molecule has 3 heterocycles. The van der Waals surface area contributed by atoms with E-state index >= 15 is 0 Å². The Morgan fingerprint density at radius 2 is 1.96 bits per heavy atom. The maximum Gasteiger partial charge on any atom is 0.257 e. The lowest BCUT2D eigenvalue weighted by Gasteiger charge is -2.32. The topological polar surface area (TPSA) is 59.0 Å². The van der Waals surface area contributed by atoms with E-state index in [9.17, 15) is 4.79 Å². The van der Waals surface area contributed by atoms with E-state index in [-0.39, 0.29) is 5.91 Å². The van der Waals surface area contributed by atoms with E-state index in [1.807, 2.05) is 36.2 Å². The minimum absolute atomic E-state index is 0.0499. The van der Waals surface area contributed by atoms with Crippen LogP contribution in [-0.4, -0.2) is 38.8 Å². The highest BCUT2D eigenvalue weighted by atomic mass is 16.2. The van der Waals surface area contributed by atoms with Gasteiger partial charge in [0.05, 0.1) is 16.8 Å². The van der Waals surface area contributed by atoms with Gasteiger partial charge in [-0.15, -0.1) is 0 Å². The van der Waals surface area contributed by atoms with Crippen LogP contribution < -0.4 is 0 Å². The number of hydrogen-bond donors (Lipinski definition) is 0. The fourth-order valence-electron chi connectivity index (χ4n) is 3.67. The van der Waals surface area contributed by atoms with Gasteiger partial charge in [-0.3, -0.25) is 9.78 Å². The SMILES string of the molecule is Cc1ncncc1C(=O)N1CCC(Cc2cnc3ccccc3c2)CC1. The predicted molar refractivity (Wildman–Crippen MR) is 101 cm³/mol. The summed E-state index contributed by atoms with van der Waals surface area (Å²) in [4.78, 5) is 27.3. The molecule has 132 valence electrons. The summed E-state index contributed by atoms with van der Waals surface area (Å²) in [6.45, 7) is 3.44. The monoisotopic (exact) mass is 346 g/mol. The first-order valence-electron chi connectivity index (χ1n) is 9.10. The van der Waals surface area contributed by atoms with Crippen molar-refractivity contribution in [2.75, 3.05) is 13.1 Å². The van der Waals surface area contributed by atoms with Crippen LogP contribution in [-0.2, 0) is 6.42 Å². The van der Waals surface area contributed by atoms with E-state index < -0.39 is 0 Å². The van der Waals surface area contributed by atoms with Crippen molar-refractivity contribution in [3.05, 3.63) is 65.9 Å². The minimum atomic E-state index is 0.0499. The highest BCUT2D eigenvalue weighted by Gasteiger charge is 2.25. The fraction of sp³-hybridized carbons (Fsp3) is 0.333. The molecule has 1 amide bonds. The third-order valence-electron chi connectivity index (χ3n) is 5.22. The summed E-state index contributed by atoms with van der Waals surface area (Å²) in [5.74, 6) is 0.643. The molecule has 0 atom stereocenters. The molecule has 0 radical (unpaired) electrons. The number of likely N-dealkylation sites (tertiary alicyclic amines) is 1. The molecule has 1 saturated heterocycles. The van der Waals surface area contributed by atoms with Gasteiger partial charge in [-0.05, 0) is 49.8 Å². The molecule has 0 unspecified atom stereocenters. The Hall–Kier alpha value is -2.82. The molecule has 1 fully saturated rings. The molecule has 26 heavy (non-hydrogen) atoms. The Morgan fingerprint density at radius 1 is 1.15 bits per heavy atom. The van der Waals surface area contributed by atoms with Gasteiger partial charge in [-0.25, -0.2) is 9.97 Å². The summed E-state index contributed by atoms with van der Waals surface area (Å²) in [5, 5.41) is 1.19. The minimum Gasteiger partial charge on any atom is -0.339 e. The van der Waals surface area contributed by atoms with Crippen molar-refractivity contribution in [1.82, 2.24) is 19.9 Å². The van der Waals surface area contributed by atoms with Crippen molar-refractivity contribution in [1.29, 1.82) is 0 Å². The van der Waals surface area contributed by atoms with E-state index in [2.05, 4.69) is 27.1 Å². The molecule has 1 aliphatic heterocycles. The van der Waals surface area contributed by atoms with E-state index in [0.29, 0.717) is 11.5 Å². The lowest BCUT2D eigenvalue weighted by atomic mass is 9.90. The third kappa shape index (κ3) is 3.43. The number of rotatable bonds is 3. The number of benzene rings is 1. The number of amides is 1. The van der Waals surface area contributed by atoms with Gasteiger partial charge in [0.1, 0.15) is 6.33 Å². The van der Waals surface area contributed by atoms with Crippen molar-refractivity contribution in [3.8, 4) is 0 Å². The van der Waals surface area contributed by atoms with E-state index in [4.69, 9.17) is 0 Å². The second kappa shape index (κ2) is 7.20. The second-order valence-electron chi connectivity index (χ2n) is 7.00. The Kier molecular flexibility index (Phi) is 4.61. The summed E-state index contributed by atoms with van der Waals surface area (Å²) in [6, 6.07) is 10.5. The normalized spacial score (nSPS) is 15.3. The number of para-hydroxylation sites is 1. The number of hydrogen-bond acceptors (Lipinski definition) is 4. The number of carbonyl (C=O) groups excluding carboxylic acids is 1. The van der Waals surface area contributed by atoms with Gasteiger partial charge in [0.15, 0.2) is 0 Å². The van der Waals surface area contributed by atoms with Crippen LogP contribution in [0.4, 0.5) is 0 Å². The molecular weight excluding hydrogens is 324 g/mol. The van der Waals surface area contributed by atoms with Crippen LogP contribution >= 0.6 is 0 Å². The Morgan fingerprint density at radius 3 is 2.77 bits per heavy atom. The molecule has 5 heteroatoms. The van der Waals surface area contributed by atoms with Gasteiger partial charge >= 0.3 is 0 Å². The van der Waals surface area contributed by atoms with Crippen molar-refractivity contribution in [3.63, 3.8) is 0 Å². The Bertz CT molecular complexity index is 932. The van der Waals surface area contributed by atoms with Crippen LogP contribution in [0, 0.1) is 12.8 Å². The molecule has 0 N–H and O–H groups in total. The van der Waals surface area contributed by atoms with Crippen molar-refractivity contribution >= 4 is 16.8 Å². The highest BCUT2D eigenvalue weighted by molar-refractivity contribution is 5.94. The molecule has 1 aromatic carbocycles. The lowest BCUT2D eigenvalue weighted by Crippen LogP contribution is -2.39.